The van der Waals surface area contributed by atoms with Crippen LogP contribution in [0.4, 0.5) is 5.69 Å². The molecule has 0 unspecified atom stereocenters. The molecular weight excluding hydrogens is 356 g/mol. The van der Waals surface area contributed by atoms with Crippen molar-refractivity contribution in [2.24, 2.45) is 0 Å². The van der Waals surface area contributed by atoms with E-state index in [1.807, 2.05) is 44.2 Å². The number of carbonyl (C=O) groups is 2. The van der Waals surface area contributed by atoms with E-state index in [0.29, 0.717) is 44.2 Å². The summed E-state index contributed by atoms with van der Waals surface area (Å²) < 4.78 is 11.0. The van der Waals surface area contributed by atoms with Crippen molar-refractivity contribution < 1.29 is 19.1 Å². The van der Waals surface area contributed by atoms with Crippen LogP contribution >= 0.6 is 0 Å². The standard InChI is InChI=1S/C22H26N2O4/c1-3-27-14-15-28-20-7-5-4-6-19(20)22(26)23-12-13-24(21(25)16-23)18-10-8-17(2)9-11-18/h4-11H,3,12-16H2,1-2H3. The molecule has 0 bridgehead atoms. The Morgan fingerprint density at radius 1 is 1.04 bits per heavy atom. The minimum absolute atomic E-state index is 0.0555. The Kier molecular flexibility index (Phi) is 6.66. The highest BCUT2D eigenvalue weighted by Crippen LogP contribution is 2.23. The maximum atomic E-state index is 13.0. The number of hydrogen-bond acceptors (Lipinski definition) is 4. The molecule has 1 saturated heterocycles. The van der Waals surface area contributed by atoms with Crippen molar-refractivity contribution in [2.45, 2.75) is 13.8 Å². The van der Waals surface area contributed by atoms with Gasteiger partial charge in [-0.1, -0.05) is 29.8 Å². The normalized spacial score (nSPS) is 14.3. The average molecular weight is 382 g/mol. The first-order valence-corrected chi connectivity index (χ1v) is 9.56. The summed E-state index contributed by atoms with van der Waals surface area (Å²) in [6, 6.07) is 15.0. The number of rotatable bonds is 7. The first kappa shape index (κ1) is 19.9. The summed E-state index contributed by atoms with van der Waals surface area (Å²) in [6.07, 6.45) is 0. The lowest BCUT2D eigenvalue weighted by Crippen LogP contribution is -2.52. The molecule has 6 nitrogen and oxygen atoms in total. The third-order valence-corrected chi connectivity index (χ3v) is 4.66. The fourth-order valence-electron chi connectivity index (χ4n) is 3.14. The van der Waals surface area contributed by atoms with Gasteiger partial charge in [-0.25, -0.2) is 0 Å². The SMILES string of the molecule is CCOCCOc1ccccc1C(=O)N1CCN(c2ccc(C)cc2)C(=O)C1. The number of aryl methyl sites for hydroxylation is 1. The summed E-state index contributed by atoms with van der Waals surface area (Å²) >= 11 is 0. The number of anilines is 1. The van der Waals surface area contributed by atoms with Crippen molar-refractivity contribution in [3.63, 3.8) is 0 Å². The number of amides is 2. The van der Waals surface area contributed by atoms with E-state index in [4.69, 9.17) is 9.47 Å². The van der Waals surface area contributed by atoms with Crippen LogP contribution in [0.1, 0.15) is 22.8 Å². The Balaban J connectivity index is 1.66. The van der Waals surface area contributed by atoms with Crippen molar-refractivity contribution in [2.75, 3.05) is 44.4 Å². The number of benzene rings is 2. The summed E-state index contributed by atoms with van der Waals surface area (Å²) in [5, 5.41) is 0. The molecule has 0 radical (unpaired) electrons. The van der Waals surface area contributed by atoms with Crippen LogP contribution < -0.4 is 9.64 Å². The Morgan fingerprint density at radius 2 is 1.79 bits per heavy atom. The second-order valence-electron chi connectivity index (χ2n) is 6.65. The minimum Gasteiger partial charge on any atom is -0.490 e. The fourth-order valence-corrected chi connectivity index (χ4v) is 3.14. The van der Waals surface area contributed by atoms with Gasteiger partial charge in [0.1, 0.15) is 18.9 Å². The smallest absolute Gasteiger partial charge is 0.258 e. The van der Waals surface area contributed by atoms with Gasteiger partial charge in [-0.3, -0.25) is 9.59 Å². The first-order valence-electron chi connectivity index (χ1n) is 9.56. The molecule has 0 aliphatic carbocycles. The van der Waals surface area contributed by atoms with Crippen molar-refractivity contribution in [3.05, 3.63) is 59.7 Å². The molecule has 0 saturated carbocycles. The van der Waals surface area contributed by atoms with Gasteiger partial charge >= 0.3 is 0 Å². The predicted molar refractivity (Wildman–Crippen MR) is 108 cm³/mol. The van der Waals surface area contributed by atoms with Crippen LogP contribution in [-0.4, -0.2) is 56.2 Å². The second kappa shape index (κ2) is 9.37. The largest absolute Gasteiger partial charge is 0.490 e. The average Bonchev–Trinajstić information content (AvgIpc) is 2.72. The molecule has 1 fully saturated rings. The lowest BCUT2D eigenvalue weighted by Gasteiger charge is -2.34. The van der Waals surface area contributed by atoms with Crippen LogP contribution in [0.15, 0.2) is 48.5 Å². The van der Waals surface area contributed by atoms with Gasteiger partial charge in [0.15, 0.2) is 0 Å². The molecule has 0 aromatic heterocycles. The molecule has 6 heteroatoms. The lowest BCUT2D eigenvalue weighted by molar-refractivity contribution is -0.120. The molecule has 28 heavy (non-hydrogen) atoms. The van der Waals surface area contributed by atoms with E-state index in [9.17, 15) is 9.59 Å². The highest BCUT2D eigenvalue weighted by Gasteiger charge is 2.29. The van der Waals surface area contributed by atoms with E-state index in [0.717, 1.165) is 11.3 Å². The molecule has 0 N–H and O–H groups in total. The van der Waals surface area contributed by atoms with Crippen LogP contribution in [-0.2, 0) is 9.53 Å². The number of piperazine rings is 1. The molecule has 3 rings (SSSR count). The van der Waals surface area contributed by atoms with Crippen LogP contribution in [0.2, 0.25) is 0 Å². The Labute approximate surface area is 165 Å². The van der Waals surface area contributed by atoms with Gasteiger partial charge in [-0.15, -0.1) is 0 Å². The molecule has 148 valence electrons. The number of carbonyl (C=O) groups excluding carboxylic acids is 2. The van der Waals surface area contributed by atoms with Crippen LogP contribution in [0.3, 0.4) is 0 Å². The van der Waals surface area contributed by atoms with Gasteiger partial charge in [0.25, 0.3) is 5.91 Å². The van der Waals surface area contributed by atoms with Gasteiger partial charge < -0.3 is 19.3 Å². The second-order valence-corrected chi connectivity index (χ2v) is 6.65. The summed E-state index contributed by atoms with van der Waals surface area (Å²) in [5.41, 5.74) is 2.48. The number of ether oxygens (including phenoxy) is 2. The van der Waals surface area contributed by atoms with Crippen molar-refractivity contribution in [1.29, 1.82) is 0 Å². The van der Waals surface area contributed by atoms with Crippen LogP contribution in [0, 0.1) is 6.92 Å². The third kappa shape index (κ3) is 4.70. The summed E-state index contributed by atoms with van der Waals surface area (Å²) in [6.45, 7) is 6.40. The minimum atomic E-state index is -0.191. The number of hydrogen-bond donors (Lipinski definition) is 0. The van der Waals surface area contributed by atoms with Crippen LogP contribution in [0.5, 0.6) is 5.75 Å². The van der Waals surface area contributed by atoms with Crippen molar-refractivity contribution in [3.8, 4) is 5.75 Å². The van der Waals surface area contributed by atoms with Crippen molar-refractivity contribution >= 4 is 17.5 Å². The Hall–Kier alpha value is -2.86. The zero-order valence-electron chi connectivity index (χ0n) is 16.4. The van der Waals surface area contributed by atoms with E-state index >= 15 is 0 Å². The van der Waals surface area contributed by atoms with Gasteiger partial charge in [-0.2, -0.15) is 0 Å². The van der Waals surface area contributed by atoms with E-state index in [1.165, 1.54) is 0 Å². The van der Waals surface area contributed by atoms with Gasteiger partial charge in [0.2, 0.25) is 5.91 Å². The number of nitrogens with zero attached hydrogens (tertiary/aromatic N) is 2. The lowest BCUT2D eigenvalue weighted by atomic mass is 10.1. The Morgan fingerprint density at radius 3 is 2.50 bits per heavy atom. The molecule has 2 aromatic carbocycles. The van der Waals surface area contributed by atoms with E-state index in [-0.39, 0.29) is 18.4 Å². The topological polar surface area (TPSA) is 59.1 Å². The monoisotopic (exact) mass is 382 g/mol. The zero-order chi connectivity index (χ0) is 19.9. The molecule has 1 aliphatic rings. The summed E-state index contributed by atoms with van der Waals surface area (Å²) in [5.74, 6) is 0.239. The molecule has 2 amide bonds. The summed E-state index contributed by atoms with van der Waals surface area (Å²) in [4.78, 5) is 28.9. The van der Waals surface area contributed by atoms with E-state index < -0.39 is 0 Å². The Bertz CT molecular complexity index is 820. The zero-order valence-corrected chi connectivity index (χ0v) is 16.4. The highest BCUT2D eigenvalue weighted by atomic mass is 16.5. The molecule has 0 spiro atoms. The maximum absolute atomic E-state index is 13.0. The molecule has 0 atom stereocenters. The maximum Gasteiger partial charge on any atom is 0.258 e. The van der Waals surface area contributed by atoms with Crippen LogP contribution in [0.25, 0.3) is 0 Å². The highest BCUT2D eigenvalue weighted by molar-refractivity contribution is 6.02. The third-order valence-electron chi connectivity index (χ3n) is 4.66. The van der Waals surface area contributed by atoms with Crippen molar-refractivity contribution in [1.82, 2.24) is 4.90 Å². The van der Waals surface area contributed by atoms with Gasteiger partial charge in [0.05, 0.1) is 12.2 Å². The molecule has 1 aliphatic heterocycles. The van der Waals surface area contributed by atoms with E-state index in [1.54, 1.807) is 28.0 Å². The van der Waals surface area contributed by atoms with Gasteiger partial charge in [-0.05, 0) is 38.1 Å². The quantitative estimate of drug-likeness (QED) is 0.691. The van der Waals surface area contributed by atoms with Gasteiger partial charge in [0, 0.05) is 25.4 Å². The number of para-hydroxylation sites is 1. The predicted octanol–water partition coefficient (Wildman–Crippen LogP) is 2.90. The van der Waals surface area contributed by atoms with E-state index in [2.05, 4.69) is 0 Å². The summed E-state index contributed by atoms with van der Waals surface area (Å²) in [7, 11) is 0. The molecular formula is C22H26N2O4. The molecule has 1 heterocycles. The first-order chi connectivity index (χ1) is 13.6. The fraction of sp³-hybridized carbons (Fsp3) is 0.364. The molecule has 2 aromatic rings.